The van der Waals surface area contributed by atoms with Gasteiger partial charge in [-0.3, -0.25) is 38.8 Å². The summed E-state index contributed by atoms with van der Waals surface area (Å²) in [6, 6.07) is 24.0. The number of fused-ring (bicyclic) bond motifs is 1. The maximum absolute atomic E-state index is 14.3. The van der Waals surface area contributed by atoms with Crippen LogP contribution in [0.5, 0.6) is 17.2 Å². The summed E-state index contributed by atoms with van der Waals surface area (Å²) >= 11 is 1.57. The maximum atomic E-state index is 14.3. The lowest BCUT2D eigenvalue weighted by molar-refractivity contribution is -0.144. The van der Waals surface area contributed by atoms with E-state index in [0.717, 1.165) is 32.6 Å². The van der Waals surface area contributed by atoms with E-state index in [2.05, 4.69) is 41.0 Å². The number of anilines is 2. The zero-order valence-electron chi connectivity index (χ0n) is 42.7. The number of aliphatic hydroxyl groups is 1. The highest BCUT2D eigenvalue weighted by atomic mass is 32.1. The fourth-order valence-electron chi connectivity index (χ4n) is 9.58. The largest absolute Gasteiger partial charge is 0.496 e. The Morgan fingerprint density at radius 1 is 0.853 bits per heavy atom. The lowest BCUT2D eigenvalue weighted by Gasteiger charge is -2.37. The number of rotatable bonds is 17. The van der Waals surface area contributed by atoms with Gasteiger partial charge in [-0.2, -0.15) is 0 Å². The van der Waals surface area contributed by atoms with Crippen molar-refractivity contribution >= 4 is 63.2 Å². The third-order valence-corrected chi connectivity index (χ3v) is 15.1. The number of piperazine rings is 1. The van der Waals surface area contributed by atoms with E-state index in [4.69, 9.17) is 9.47 Å². The van der Waals surface area contributed by atoms with Crippen LogP contribution in [-0.2, 0) is 37.1 Å². The number of halogens is 1. The smallest absolute Gasteiger partial charge is 0.246 e. The Kier molecular flexibility index (Phi) is 15.6. The Morgan fingerprint density at radius 3 is 2.12 bits per heavy atom. The van der Waals surface area contributed by atoms with Gasteiger partial charge in [0, 0.05) is 80.8 Å². The quantitative estimate of drug-likeness (QED) is 0.0592. The molecule has 3 atom stereocenters. The molecule has 0 radical (unpaired) electrons. The normalized spacial score (nSPS) is 18.0. The van der Waals surface area contributed by atoms with Crippen molar-refractivity contribution in [3.8, 4) is 27.7 Å². The van der Waals surface area contributed by atoms with Crippen LogP contribution in [0.3, 0.4) is 0 Å². The number of aryl methyl sites for hydroxylation is 1. The second kappa shape index (κ2) is 22.3. The van der Waals surface area contributed by atoms with Crippen LogP contribution in [0.25, 0.3) is 21.3 Å². The van der Waals surface area contributed by atoms with Crippen LogP contribution in [0, 0.1) is 23.6 Å². The lowest BCUT2D eigenvalue weighted by Crippen LogP contribution is -2.59. The number of methoxy groups -OCH3 is 1. The molecule has 1 saturated carbocycles. The summed E-state index contributed by atoms with van der Waals surface area (Å²) in [6.45, 7) is 11.1. The number of aliphatic hydroxyl groups excluding tert-OH is 1. The molecule has 19 heteroatoms. The molecule has 4 aromatic carbocycles. The third-order valence-electron chi connectivity index (χ3n) is 14.1. The van der Waals surface area contributed by atoms with E-state index in [-0.39, 0.29) is 37.9 Å². The Morgan fingerprint density at radius 2 is 1.51 bits per heavy atom. The molecule has 2 aromatic heterocycles. The fourth-order valence-corrected chi connectivity index (χ4v) is 10.4. The van der Waals surface area contributed by atoms with E-state index in [1.807, 2.05) is 69.6 Å². The number of amides is 5. The van der Waals surface area contributed by atoms with Gasteiger partial charge in [0.25, 0.3) is 0 Å². The molecule has 4 heterocycles. The minimum atomic E-state index is -1.19. The highest BCUT2D eigenvalue weighted by Crippen LogP contribution is 2.48. The zero-order chi connectivity index (χ0) is 53.0. The van der Waals surface area contributed by atoms with Crippen molar-refractivity contribution < 1.29 is 42.9 Å². The molecule has 1 aliphatic carbocycles. The van der Waals surface area contributed by atoms with Crippen molar-refractivity contribution in [1.29, 1.82) is 0 Å². The molecule has 2 aliphatic heterocycles. The lowest BCUT2D eigenvalue weighted by atomic mass is 9.85. The number of thiazole rings is 1. The number of benzene rings is 4. The van der Waals surface area contributed by atoms with Crippen LogP contribution in [0.2, 0.25) is 0 Å². The molecule has 5 N–H and O–H groups in total. The highest BCUT2D eigenvalue weighted by Gasteiger charge is 2.56. The minimum absolute atomic E-state index is 0.00933. The monoisotopic (exact) mass is 1040 g/mol. The summed E-state index contributed by atoms with van der Waals surface area (Å²) < 4.78 is 25.5. The van der Waals surface area contributed by atoms with Crippen LogP contribution >= 0.6 is 11.3 Å². The molecule has 9 rings (SSSR count). The number of β-amino-alcohol motifs (C(OH)–C–C–N with tert-alkyl or cyclic N) is 1. The van der Waals surface area contributed by atoms with Crippen molar-refractivity contribution in [1.82, 2.24) is 35.3 Å². The highest BCUT2D eigenvalue weighted by molar-refractivity contribution is 7.13. The fraction of sp³-hybridized carbons (Fsp3) is 0.375. The summed E-state index contributed by atoms with van der Waals surface area (Å²) in [5.74, 6) is -0.613. The number of nitrogens with zero attached hydrogens (tertiary/aromatic N) is 5. The van der Waals surface area contributed by atoms with E-state index >= 15 is 0 Å². The van der Waals surface area contributed by atoms with Gasteiger partial charge in [-0.1, -0.05) is 45.0 Å². The van der Waals surface area contributed by atoms with Gasteiger partial charge in [0.05, 0.1) is 41.4 Å². The second-order valence-electron chi connectivity index (χ2n) is 20.6. The molecule has 6 aromatic rings. The molecular weight excluding hydrogens is 978 g/mol. The molecule has 0 spiro atoms. The number of likely N-dealkylation sites (tertiary alicyclic amines) is 1. The summed E-state index contributed by atoms with van der Waals surface area (Å²) in [6.07, 6.45) is 1.71. The standard InChI is InChI=1S/C56H62FN9O8S/c1-34-49(75-33-60-34)36-8-6-35(7-9-36)29-59-51(69)45-27-41(67)31-66(45)52(70)50(55(2,3)4)63-48(68)32-65-24-22-64(23-25-65)30-37-26-44-43(28-47(37)73-5)46(18-21-58-44)74-42-16-14-40(15-17-42)62-54(72)56(19-20-56)53(71)61-39-12-10-38(57)11-13-39/h6-18,21,26,28,33,41,45,50,67H,19-20,22-25,27,29-32H2,1-5H3,(H,59,69)(H,61,71)(H,62,72)(H,63,68)/t41-,45+,50-/m1/s1. The summed E-state index contributed by atoms with van der Waals surface area (Å²) in [7, 11) is 1.62. The van der Waals surface area contributed by atoms with Crippen molar-refractivity contribution in [2.24, 2.45) is 10.8 Å². The molecule has 0 bridgehead atoms. The molecule has 3 aliphatic rings. The third kappa shape index (κ3) is 12.3. The molecule has 0 unspecified atom stereocenters. The summed E-state index contributed by atoms with van der Waals surface area (Å²) in [5.41, 5.74) is 5.38. The maximum Gasteiger partial charge on any atom is 0.246 e. The summed E-state index contributed by atoms with van der Waals surface area (Å²) in [5, 5.41) is 23.0. The first kappa shape index (κ1) is 52.5. The van der Waals surface area contributed by atoms with Crippen LogP contribution in [-0.4, -0.2) is 124 Å². The Labute approximate surface area is 438 Å². The van der Waals surface area contributed by atoms with Crippen molar-refractivity contribution in [2.45, 2.75) is 78.2 Å². The van der Waals surface area contributed by atoms with Crippen molar-refractivity contribution in [3.63, 3.8) is 0 Å². The van der Waals surface area contributed by atoms with E-state index in [1.54, 1.807) is 55.0 Å². The molecular formula is C56H62FN9O8S. The van der Waals surface area contributed by atoms with E-state index in [0.29, 0.717) is 79.7 Å². The molecule has 5 amide bonds. The van der Waals surface area contributed by atoms with Gasteiger partial charge in [0.2, 0.25) is 29.5 Å². The molecule has 2 saturated heterocycles. The first-order valence-electron chi connectivity index (χ1n) is 25.1. The molecule has 392 valence electrons. The van der Waals surface area contributed by atoms with E-state index in [9.17, 15) is 33.5 Å². The van der Waals surface area contributed by atoms with Crippen LogP contribution in [0.4, 0.5) is 15.8 Å². The molecule has 75 heavy (non-hydrogen) atoms. The SMILES string of the molecule is COc1cc2c(Oc3ccc(NC(=O)C4(C(=O)Nc5ccc(F)cc5)CC4)cc3)ccnc2cc1CN1CCN(CC(=O)N[C@H](C(=O)N2C[C@H](O)C[C@H]2C(=O)NCc2ccc(-c3scnc3C)cc2)C(C)(C)C)CC1. The predicted octanol–water partition coefficient (Wildman–Crippen LogP) is 6.89. The van der Waals surface area contributed by atoms with Crippen molar-refractivity contribution in [2.75, 3.05) is 57.0 Å². The minimum Gasteiger partial charge on any atom is -0.496 e. The Hall–Kier alpha value is -7.32. The molecule has 3 fully saturated rings. The van der Waals surface area contributed by atoms with Crippen LogP contribution in [0.1, 0.15) is 56.9 Å². The number of ether oxygens (including phenoxy) is 2. The van der Waals surface area contributed by atoms with Gasteiger partial charge in [0.15, 0.2) is 0 Å². The summed E-state index contributed by atoms with van der Waals surface area (Å²) in [4.78, 5) is 83.6. The average Bonchev–Trinajstić information content (AvgIpc) is 3.96. The van der Waals surface area contributed by atoms with E-state index < -0.39 is 52.6 Å². The number of carbonyl (C=O) groups excluding carboxylic acids is 5. The first-order chi connectivity index (χ1) is 36.0. The number of hydrogen-bond donors (Lipinski definition) is 5. The first-order valence-corrected chi connectivity index (χ1v) is 26.0. The molecule has 17 nitrogen and oxygen atoms in total. The van der Waals surface area contributed by atoms with Crippen LogP contribution < -0.4 is 30.7 Å². The van der Waals surface area contributed by atoms with Gasteiger partial charge < -0.3 is 40.7 Å². The van der Waals surface area contributed by atoms with Gasteiger partial charge in [0.1, 0.15) is 40.6 Å². The van der Waals surface area contributed by atoms with E-state index in [1.165, 1.54) is 29.2 Å². The van der Waals surface area contributed by atoms with Crippen LogP contribution in [0.15, 0.2) is 103 Å². The second-order valence-corrected chi connectivity index (χ2v) is 21.5. The van der Waals surface area contributed by atoms with Gasteiger partial charge >= 0.3 is 0 Å². The predicted molar refractivity (Wildman–Crippen MR) is 283 cm³/mol. The van der Waals surface area contributed by atoms with Gasteiger partial charge in [-0.25, -0.2) is 9.37 Å². The van der Waals surface area contributed by atoms with Gasteiger partial charge in [-0.15, -0.1) is 11.3 Å². The Balaban J connectivity index is 0.757. The topological polar surface area (TPSA) is 208 Å². The van der Waals surface area contributed by atoms with Crippen molar-refractivity contribution in [3.05, 3.63) is 125 Å². The van der Waals surface area contributed by atoms with Gasteiger partial charge in [-0.05, 0) is 103 Å². The number of carbonyl (C=O) groups is 5. The number of hydrogen-bond acceptors (Lipinski definition) is 13. The zero-order valence-corrected chi connectivity index (χ0v) is 43.5. The average molecular weight is 1040 g/mol. The Bertz CT molecular complexity index is 3060. The number of aromatic nitrogens is 2. The number of nitrogens with one attached hydrogen (secondary N) is 4. The number of pyridine rings is 1.